The van der Waals surface area contributed by atoms with E-state index in [1.807, 2.05) is 0 Å². The first-order valence-corrected chi connectivity index (χ1v) is 28.2. The summed E-state index contributed by atoms with van der Waals surface area (Å²) in [5.74, 6) is 0. The molecule has 0 amide bonds. The van der Waals surface area contributed by atoms with Crippen LogP contribution in [0.2, 0.25) is 0 Å². The molecule has 8 aliphatic rings. The highest BCUT2D eigenvalue weighted by molar-refractivity contribution is 5.02. The van der Waals surface area contributed by atoms with E-state index in [9.17, 15) is 133 Å². The molecule has 0 aliphatic carbocycles. The predicted molar refractivity (Wildman–Crippen MR) is 264 cm³/mol. The zero-order valence-corrected chi connectivity index (χ0v) is 46.5. The topological polar surface area (TPSA) is 664 Å². The monoisotopic (exact) mass is 1310 g/mol. The van der Waals surface area contributed by atoms with Gasteiger partial charge in [-0.25, -0.2) is 0 Å². The third-order valence-electron chi connectivity index (χ3n) is 16.7. The number of rotatable bonds is 22. The Bertz CT molecular complexity index is 2120. The third-order valence-corrected chi connectivity index (χ3v) is 16.7. The van der Waals surface area contributed by atoms with Gasteiger partial charge in [-0.05, 0) is 0 Å². The van der Waals surface area contributed by atoms with Gasteiger partial charge in [0, 0.05) is 0 Å². The molecule has 0 aromatic rings. The minimum atomic E-state index is -2.26. The van der Waals surface area contributed by atoms with Crippen LogP contribution in [-0.2, 0) is 71.1 Å². The van der Waals surface area contributed by atoms with E-state index in [1.165, 1.54) is 0 Å². The average Bonchev–Trinajstić information content (AvgIpc) is 1.20. The first-order valence-electron chi connectivity index (χ1n) is 28.2. The van der Waals surface area contributed by atoms with E-state index in [2.05, 4.69) is 0 Å². The maximum absolute atomic E-state index is 11.4. The molecule has 8 heterocycles. The fourth-order valence-corrected chi connectivity index (χ4v) is 11.5. The first kappa shape index (κ1) is 73.2. The summed E-state index contributed by atoms with van der Waals surface area (Å²) in [6.07, 6.45) is -78.4. The summed E-state index contributed by atoms with van der Waals surface area (Å²) in [5, 5.41) is 277. The lowest BCUT2D eigenvalue weighted by Crippen LogP contribution is -2.68. The van der Waals surface area contributed by atoms with Crippen LogP contribution in [0, 0.1) is 0 Å². The standard InChI is InChI=1S/C48H82O41/c49-1-9-17(57)18(58)27(67)42(76-9)84-35-11(3-51)78-44(29(69)20(35)60)86-37-13(5-53)80-46(31(71)22(37)62)88-39-15(7-55)82-48(33(73)24(39)64)89-40-16(8-56)81-47(32(72)25(40)65)87-38-14(6-54)79-45(30(70)23(38)63)85-36-12(4-52)77-43(28(68)21(36)61)83-34-10(2-50)75-41(74)26(66)19(34)59/h9-74H,1-8H2/t9-,10+,11-,12+,13-,14+,15-,16+,17+,18-,19-,20+,21-,22+,23-,24+,25-,26-,27+,28-,29+,30-,31+,32-,33+,34-,35+,36+,37+,38+,39+,40-,41?,42+,43+,44+,45+,46+,47-,48+/m0/s1. The molecule has 0 aromatic heterocycles. The van der Waals surface area contributed by atoms with Crippen LogP contribution in [0.5, 0.6) is 0 Å². The molecule has 8 saturated heterocycles. The Hall–Kier alpha value is -1.64. The van der Waals surface area contributed by atoms with Gasteiger partial charge in [0.2, 0.25) is 0 Å². The van der Waals surface area contributed by atoms with Gasteiger partial charge < -0.3 is 204 Å². The van der Waals surface area contributed by atoms with Crippen molar-refractivity contribution in [1.29, 1.82) is 0 Å². The van der Waals surface area contributed by atoms with E-state index < -0.39 is 299 Å². The van der Waals surface area contributed by atoms with Gasteiger partial charge in [-0.3, -0.25) is 0 Å². The molecule has 0 radical (unpaired) electrons. The molecule has 89 heavy (non-hydrogen) atoms. The Balaban J connectivity index is 0.850. The lowest BCUT2D eigenvalue weighted by atomic mass is 9.95. The highest BCUT2D eigenvalue weighted by Crippen LogP contribution is 2.39. The summed E-state index contributed by atoms with van der Waals surface area (Å²) in [6.45, 7) is -8.07. The van der Waals surface area contributed by atoms with Crippen molar-refractivity contribution >= 4 is 0 Å². The van der Waals surface area contributed by atoms with Crippen molar-refractivity contribution in [3.63, 3.8) is 0 Å². The van der Waals surface area contributed by atoms with Crippen molar-refractivity contribution in [2.75, 3.05) is 52.9 Å². The molecule has 0 spiro atoms. The number of ether oxygens (including phenoxy) is 15. The van der Waals surface area contributed by atoms with Gasteiger partial charge in [0.05, 0.1) is 52.9 Å². The largest absolute Gasteiger partial charge is 0.394 e. The van der Waals surface area contributed by atoms with Gasteiger partial charge in [-0.15, -0.1) is 0 Å². The van der Waals surface area contributed by atoms with Gasteiger partial charge >= 0.3 is 0 Å². The van der Waals surface area contributed by atoms with Crippen LogP contribution >= 0.6 is 0 Å². The SMILES string of the molecule is OC[C@@H]1O[C@H](O[C@H]2[C@H](O)[C@@H](O)[C@@H](O[C@H]3[C@H](O)[C@@H](O)[C@@H](O[C@H]4[C@H](O)[C@@H](O)[C@@H](O[C@@H]5[C@@H](O)[C@H](O)[C@H](O[C@H]6[C@@H](O)[C@H](O)[C@@H](O[C@H]7[C@@H](O)[C@H](O)[C@@H](O[C@@H]8[C@@H](O)[C@H](O)C(O)O[C@@H]8CO)O[C@@H]7CO)O[C@@H]6CO)O[C@@H]5CO)O[C@H]4CO)O[C@H]3CO)O[C@H]2CO)[C@H](O)[C@@H](O)[C@@H]1O. The smallest absolute Gasteiger partial charge is 0.187 e. The normalized spacial score (nSPS) is 53.6. The molecule has 8 rings (SSSR count). The summed E-state index contributed by atoms with van der Waals surface area (Å²) in [6, 6.07) is 0. The minimum absolute atomic E-state index is 0.854. The predicted octanol–water partition coefficient (Wildman–Crippen LogP) is -18.5. The molecule has 8 aliphatic heterocycles. The molecular formula is C48H82O41. The van der Waals surface area contributed by atoms with Crippen molar-refractivity contribution in [2.45, 2.75) is 246 Å². The summed E-state index contributed by atoms with van der Waals surface area (Å²) in [4.78, 5) is 0. The van der Waals surface area contributed by atoms with Crippen molar-refractivity contribution in [3.05, 3.63) is 0 Å². The maximum atomic E-state index is 11.4. The second-order valence-electron chi connectivity index (χ2n) is 22.4. The number of aliphatic hydroxyl groups excluding tert-OH is 26. The summed E-state index contributed by atoms with van der Waals surface area (Å²) >= 11 is 0. The number of hydrogen-bond donors (Lipinski definition) is 26. The number of aliphatic hydroxyl groups is 26. The van der Waals surface area contributed by atoms with Crippen molar-refractivity contribution in [3.8, 4) is 0 Å². The molecule has 0 aromatic carbocycles. The molecule has 40 atom stereocenters. The average molecular weight is 1320 g/mol. The molecular weight excluding hydrogens is 1230 g/mol. The van der Waals surface area contributed by atoms with Gasteiger partial charge in [0.15, 0.2) is 50.3 Å². The molecule has 0 bridgehead atoms. The van der Waals surface area contributed by atoms with Gasteiger partial charge in [-0.1, -0.05) is 0 Å². The third kappa shape index (κ3) is 15.0. The molecule has 1 unspecified atom stereocenters. The molecule has 0 saturated carbocycles. The maximum Gasteiger partial charge on any atom is 0.187 e. The fourth-order valence-electron chi connectivity index (χ4n) is 11.5. The Morgan fingerprint density at radius 1 is 0.169 bits per heavy atom. The molecule has 520 valence electrons. The lowest BCUT2D eigenvalue weighted by molar-refractivity contribution is -0.399. The molecule has 41 heteroatoms. The van der Waals surface area contributed by atoms with Gasteiger partial charge in [-0.2, -0.15) is 0 Å². The van der Waals surface area contributed by atoms with Crippen LogP contribution < -0.4 is 0 Å². The van der Waals surface area contributed by atoms with Crippen molar-refractivity contribution in [1.82, 2.24) is 0 Å². The van der Waals surface area contributed by atoms with E-state index in [1.54, 1.807) is 0 Å². The van der Waals surface area contributed by atoms with Gasteiger partial charge in [0.25, 0.3) is 0 Å². The van der Waals surface area contributed by atoms with Crippen LogP contribution in [0.1, 0.15) is 0 Å². The van der Waals surface area contributed by atoms with Gasteiger partial charge in [0.1, 0.15) is 195 Å². The Morgan fingerprint density at radius 3 is 0.517 bits per heavy atom. The molecule has 41 nitrogen and oxygen atoms in total. The summed E-state index contributed by atoms with van der Waals surface area (Å²) < 4.78 is 83.4. The summed E-state index contributed by atoms with van der Waals surface area (Å²) in [5.41, 5.74) is 0. The lowest BCUT2D eigenvalue weighted by Gasteiger charge is -2.50. The molecule has 26 N–H and O–H groups in total. The second kappa shape index (κ2) is 31.5. The fraction of sp³-hybridized carbons (Fsp3) is 1.00. The summed E-state index contributed by atoms with van der Waals surface area (Å²) in [7, 11) is 0. The zero-order valence-electron chi connectivity index (χ0n) is 46.5. The highest BCUT2D eigenvalue weighted by Gasteiger charge is 2.59. The Kier molecular flexibility index (Phi) is 25.9. The van der Waals surface area contributed by atoms with E-state index in [4.69, 9.17) is 71.1 Å². The highest BCUT2D eigenvalue weighted by atomic mass is 16.8. The van der Waals surface area contributed by atoms with Crippen LogP contribution in [0.4, 0.5) is 0 Å². The van der Waals surface area contributed by atoms with Crippen LogP contribution in [-0.4, -0.2) is 431 Å². The van der Waals surface area contributed by atoms with Crippen molar-refractivity contribution in [2.24, 2.45) is 0 Å². The van der Waals surface area contributed by atoms with E-state index in [-0.39, 0.29) is 0 Å². The minimum Gasteiger partial charge on any atom is -0.394 e. The first-order chi connectivity index (χ1) is 42.2. The van der Waals surface area contributed by atoms with Crippen LogP contribution in [0.3, 0.4) is 0 Å². The Labute approximate surface area is 501 Å². The Morgan fingerprint density at radius 2 is 0.326 bits per heavy atom. The van der Waals surface area contributed by atoms with Crippen LogP contribution in [0.15, 0.2) is 0 Å². The van der Waals surface area contributed by atoms with E-state index >= 15 is 0 Å². The van der Waals surface area contributed by atoms with Crippen molar-refractivity contribution < 1.29 is 204 Å². The van der Waals surface area contributed by atoms with E-state index in [0.29, 0.717) is 0 Å². The molecule has 8 fully saturated rings. The quantitative estimate of drug-likeness (QED) is 0.0479. The zero-order chi connectivity index (χ0) is 65.4. The van der Waals surface area contributed by atoms with Crippen LogP contribution in [0.25, 0.3) is 0 Å². The number of hydrogen-bond acceptors (Lipinski definition) is 41. The second-order valence-corrected chi connectivity index (χ2v) is 22.4. The van der Waals surface area contributed by atoms with E-state index in [0.717, 1.165) is 0 Å².